The van der Waals surface area contributed by atoms with Gasteiger partial charge >= 0.3 is 0 Å². The highest BCUT2D eigenvalue weighted by Gasteiger charge is 2.39. The van der Waals surface area contributed by atoms with Gasteiger partial charge in [-0.3, -0.25) is 4.90 Å². The van der Waals surface area contributed by atoms with E-state index < -0.39 is 5.60 Å². The third-order valence-corrected chi connectivity index (χ3v) is 3.07. The van der Waals surface area contributed by atoms with Gasteiger partial charge in [-0.15, -0.1) is 0 Å². The first-order chi connectivity index (χ1) is 7.61. The van der Waals surface area contributed by atoms with Crippen molar-refractivity contribution in [3.8, 4) is 5.75 Å². The lowest BCUT2D eigenvalue weighted by Gasteiger charge is -2.46. The summed E-state index contributed by atoms with van der Waals surface area (Å²) in [5.41, 5.74) is 0.629. The van der Waals surface area contributed by atoms with E-state index in [1.807, 2.05) is 12.1 Å². The van der Waals surface area contributed by atoms with Gasteiger partial charge in [0.05, 0.1) is 5.60 Å². The van der Waals surface area contributed by atoms with Gasteiger partial charge in [-0.1, -0.05) is 25.5 Å². The lowest BCUT2D eigenvalue weighted by molar-refractivity contribution is -0.106. The summed E-state index contributed by atoms with van der Waals surface area (Å²) in [6.07, 6.45) is 1.90. The number of phenolic OH excluding ortho intramolecular Hbond substituents is 1. The maximum absolute atomic E-state index is 10.0. The Morgan fingerprint density at radius 2 is 2.12 bits per heavy atom. The number of hydrogen-bond acceptors (Lipinski definition) is 3. The molecule has 16 heavy (non-hydrogen) atoms. The average Bonchev–Trinajstić information content (AvgIpc) is 2.15. The number of aliphatic hydroxyl groups is 1. The molecule has 88 valence electrons. The molecule has 1 aliphatic heterocycles. The van der Waals surface area contributed by atoms with Gasteiger partial charge in [0, 0.05) is 19.6 Å². The summed E-state index contributed by atoms with van der Waals surface area (Å²) in [6.45, 7) is 4.39. The number of nitrogens with zero attached hydrogens (tertiary/aromatic N) is 1. The molecule has 1 aromatic rings. The van der Waals surface area contributed by atoms with Crippen LogP contribution in [0.2, 0.25) is 0 Å². The molecule has 0 atom stereocenters. The molecule has 1 saturated heterocycles. The fourth-order valence-corrected chi connectivity index (χ4v) is 2.43. The van der Waals surface area contributed by atoms with Crippen molar-refractivity contribution in [2.45, 2.75) is 31.9 Å². The van der Waals surface area contributed by atoms with E-state index in [0.717, 1.165) is 38.0 Å². The Bertz CT molecular complexity index is 359. The molecule has 0 aliphatic carbocycles. The first kappa shape index (κ1) is 11.4. The Balaban J connectivity index is 1.85. The van der Waals surface area contributed by atoms with Crippen molar-refractivity contribution in [3.05, 3.63) is 29.8 Å². The summed E-state index contributed by atoms with van der Waals surface area (Å²) in [7, 11) is 0. The Morgan fingerprint density at radius 3 is 2.75 bits per heavy atom. The Hall–Kier alpha value is -1.06. The van der Waals surface area contributed by atoms with Crippen LogP contribution in [-0.2, 0) is 6.54 Å². The molecule has 3 nitrogen and oxygen atoms in total. The number of phenols is 1. The second kappa shape index (κ2) is 4.44. The minimum absolute atomic E-state index is 0.307. The molecule has 1 aliphatic rings. The Morgan fingerprint density at radius 1 is 1.38 bits per heavy atom. The molecule has 1 fully saturated rings. The van der Waals surface area contributed by atoms with E-state index in [4.69, 9.17) is 0 Å². The first-order valence-corrected chi connectivity index (χ1v) is 5.84. The number of likely N-dealkylation sites (tertiary alicyclic amines) is 1. The number of benzene rings is 1. The minimum Gasteiger partial charge on any atom is -0.508 e. The molecule has 2 rings (SSSR count). The molecule has 0 saturated carbocycles. The lowest BCUT2D eigenvalue weighted by atomic mass is 9.89. The lowest BCUT2D eigenvalue weighted by Crippen LogP contribution is -2.60. The third-order valence-electron chi connectivity index (χ3n) is 3.07. The fourth-order valence-electron chi connectivity index (χ4n) is 2.43. The van der Waals surface area contributed by atoms with Crippen LogP contribution in [0.5, 0.6) is 5.75 Å². The zero-order chi connectivity index (χ0) is 11.6. The van der Waals surface area contributed by atoms with Crippen LogP contribution in [-0.4, -0.2) is 33.8 Å². The topological polar surface area (TPSA) is 43.7 Å². The van der Waals surface area contributed by atoms with Crippen LogP contribution in [0.3, 0.4) is 0 Å². The van der Waals surface area contributed by atoms with Gasteiger partial charge in [0.2, 0.25) is 0 Å². The number of β-amino-alcohol motifs (C(OH)–C–C–N with tert-alkyl or cyclic N) is 1. The Kier molecular flexibility index (Phi) is 3.17. The van der Waals surface area contributed by atoms with Crippen LogP contribution in [0, 0.1) is 0 Å². The van der Waals surface area contributed by atoms with Gasteiger partial charge < -0.3 is 10.2 Å². The van der Waals surface area contributed by atoms with Crippen LogP contribution in [0.1, 0.15) is 25.3 Å². The molecule has 0 aromatic heterocycles. The largest absolute Gasteiger partial charge is 0.508 e. The van der Waals surface area contributed by atoms with E-state index >= 15 is 0 Å². The molecular formula is C13H19NO2. The second-order valence-corrected chi connectivity index (χ2v) is 4.79. The van der Waals surface area contributed by atoms with Gasteiger partial charge in [-0.2, -0.15) is 0 Å². The molecule has 2 N–H and O–H groups in total. The number of hydrogen-bond donors (Lipinski definition) is 2. The van der Waals surface area contributed by atoms with Crippen LogP contribution in [0.4, 0.5) is 0 Å². The van der Waals surface area contributed by atoms with Gasteiger partial charge in [0.25, 0.3) is 0 Å². The highest BCUT2D eigenvalue weighted by atomic mass is 16.3. The normalized spacial score (nSPS) is 19.4. The molecule has 0 amide bonds. The molecular weight excluding hydrogens is 202 g/mol. The van der Waals surface area contributed by atoms with E-state index in [2.05, 4.69) is 11.8 Å². The van der Waals surface area contributed by atoms with Gasteiger partial charge in [0.15, 0.2) is 0 Å². The van der Waals surface area contributed by atoms with Crippen LogP contribution in [0.25, 0.3) is 0 Å². The first-order valence-electron chi connectivity index (χ1n) is 5.84. The van der Waals surface area contributed by atoms with Gasteiger partial charge in [-0.05, 0) is 24.1 Å². The van der Waals surface area contributed by atoms with Crippen molar-refractivity contribution in [2.75, 3.05) is 13.1 Å². The molecule has 0 unspecified atom stereocenters. The Labute approximate surface area is 96.3 Å². The van der Waals surface area contributed by atoms with E-state index in [1.54, 1.807) is 12.1 Å². The highest BCUT2D eigenvalue weighted by Crippen LogP contribution is 2.27. The van der Waals surface area contributed by atoms with Crippen molar-refractivity contribution >= 4 is 0 Å². The predicted molar refractivity (Wildman–Crippen MR) is 63.2 cm³/mol. The maximum atomic E-state index is 10.0. The summed E-state index contributed by atoms with van der Waals surface area (Å²) >= 11 is 0. The summed E-state index contributed by atoms with van der Waals surface area (Å²) < 4.78 is 0. The number of rotatable bonds is 4. The minimum atomic E-state index is -0.467. The maximum Gasteiger partial charge on any atom is 0.115 e. The van der Waals surface area contributed by atoms with E-state index in [1.165, 1.54) is 0 Å². The van der Waals surface area contributed by atoms with Crippen molar-refractivity contribution in [2.24, 2.45) is 0 Å². The standard InChI is InChI=1S/C13H19NO2/c1-2-6-13(16)9-14(10-13)8-11-4-3-5-12(15)7-11/h3-5,7,15-16H,2,6,8-10H2,1H3. The smallest absolute Gasteiger partial charge is 0.115 e. The van der Waals surface area contributed by atoms with Gasteiger partial charge in [-0.25, -0.2) is 0 Å². The van der Waals surface area contributed by atoms with Crippen molar-refractivity contribution in [1.82, 2.24) is 4.90 Å². The second-order valence-electron chi connectivity index (χ2n) is 4.79. The predicted octanol–water partition coefficient (Wildman–Crippen LogP) is 1.74. The van der Waals surface area contributed by atoms with Crippen LogP contribution >= 0.6 is 0 Å². The molecule has 0 bridgehead atoms. The summed E-state index contributed by atoms with van der Waals surface area (Å²) in [5, 5.41) is 19.4. The zero-order valence-electron chi connectivity index (χ0n) is 9.69. The van der Waals surface area contributed by atoms with Crippen molar-refractivity contribution in [1.29, 1.82) is 0 Å². The molecule has 1 aromatic carbocycles. The molecule has 1 heterocycles. The third kappa shape index (κ3) is 2.54. The summed E-state index contributed by atoms with van der Waals surface area (Å²) in [4.78, 5) is 2.20. The van der Waals surface area contributed by atoms with Crippen LogP contribution in [0.15, 0.2) is 24.3 Å². The fraction of sp³-hybridized carbons (Fsp3) is 0.538. The van der Waals surface area contributed by atoms with E-state index in [-0.39, 0.29) is 0 Å². The average molecular weight is 221 g/mol. The monoisotopic (exact) mass is 221 g/mol. The van der Waals surface area contributed by atoms with Crippen molar-refractivity contribution in [3.63, 3.8) is 0 Å². The molecule has 0 radical (unpaired) electrons. The van der Waals surface area contributed by atoms with E-state index in [9.17, 15) is 10.2 Å². The quantitative estimate of drug-likeness (QED) is 0.814. The van der Waals surface area contributed by atoms with Crippen LogP contribution < -0.4 is 0 Å². The highest BCUT2D eigenvalue weighted by molar-refractivity contribution is 5.27. The molecule has 3 heteroatoms. The van der Waals surface area contributed by atoms with Gasteiger partial charge in [0.1, 0.15) is 5.75 Å². The SMILES string of the molecule is CCCC1(O)CN(Cc2cccc(O)c2)C1. The van der Waals surface area contributed by atoms with Crippen molar-refractivity contribution < 1.29 is 10.2 Å². The number of aromatic hydroxyl groups is 1. The summed E-state index contributed by atoms with van der Waals surface area (Å²) in [6, 6.07) is 7.30. The zero-order valence-corrected chi connectivity index (χ0v) is 9.69. The molecule has 0 spiro atoms. The summed E-state index contributed by atoms with van der Waals surface area (Å²) in [5.74, 6) is 0.307. The van der Waals surface area contributed by atoms with E-state index in [0.29, 0.717) is 5.75 Å².